The molecule has 7 heteroatoms. The lowest BCUT2D eigenvalue weighted by Crippen LogP contribution is -2.36. The predicted molar refractivity (Wildman–Crippen MR) is 77.1 cm³/mol. The summed E-state index contributed by atoms with van der Waals surface area (Å²) in [6.45, 7) is 4.09. The summed E-state index contributed by atoms with van der Waals surface area (Å²) in [4.78, 5) is 17.0. The molecule has 1 aromatic heterocycles. The summed E-state index contributed by atoms with van der Waals surface area (Å²) in [6.07, 6.45) is 1.99. The number of anilines is 2. The van der Waals surface area contributed by atoms with Crippen LogP contribution in [0, 0.1) is 10.1 Å². The first kappa shape index (κ1) is 14.5. The number of pyridine rings is 1. The van der Waals surface area contributed by atoms with Crippen molar-refractivity contribution in [3.05, 3.63) is 22.2 Å². The van der Waals surface area contributed by atoms with Crippen LogP contribution >= 0.6 is 0 Å². The van der Waals surface area contributed by atoms with Gasteiger partial charge in [-0.2, -0.15) is 0 Å². The van der Waals surface area contributed by atoms with Gasteiger partial charge in [0.1, 0.15) is 11.6 Å². The minimum absolute atomic E-state index is 0.0414. The number of nitrogens with one attached hydrogen (secondary N) is 1. The molecule has 110 valence electrons. The normalized spacial score (nSPS) is 16.2. The molecule has 1 aromatic rings. The molecule has 7 nitrogen and oxygen atoms in total. The number of aliphatic hydroxyl groups excluding tert-OH is 1. The zero-order chi connectivity index (χ0) is 14.5. The molecule has 2 heterocycles. The Kier molecular flexibility index (Phi) is 4.73. The summed E-state index contributed by atoms with van der Waals surface area (Å²) in [7, 11) is 0. The van der Waals surface area contributed by atoms with E-state index in [1.54, 1.807) is 0 Å². The molecule has 0 unspecified atom stereocenters. The Morgan fingerprint density at radius 2 is 2.20 bits per heavy atom. The number of hydrogen-bond acceptors (Lipinski definition) is 6. The Hall–Kier alpha value is -1.89. The van der Waals surface area contributed by atoms with Crippen LogP contribution < -0.4 is 10.2 Å². The average molecular weight is 280 g/mol. The van der Waals surface area contributed by atoms with Crippen molar-refractivity contribution in [1.29, 1.82) is 0 Å². The first-order valence-corrected chi connectivity index (χ1v) is 6.93. The maximum Gasteiger partial charge on any atom is 0.276 e. The molecule has 0 radical (unpaired) electrons. The minimum Gasteiger partial charge on any atom is -0.393 e. The molecule has 0 aliphatic carbocycles. The number of hydrogen-bond donors (Lipinski definition) is 2. The van der Waals surface area contributed by atoms with Gasteiger partial charge in [0.05, 0.1) is 23.2 Å². The van der Waals surface area contributed by atoms with Gasteiger partial charge in [-0.1, -0.05) is 6.92 Å². The molecule has 0 aromatic carbocycles. The Bertz CT molecular complexity index is 473. The van der Waals surface area contributed by atoms with Gasteiger partial charge in [0, 0.05) is 19.6 Å². The highest BCUT2D eigenvalue weighted by Crippen LogP contribution is 2.25. The topological polar surface area (TPSA) is 91.5 Å². The molecule has 1 aliphatic heterocycles. The Morgan fingerprint density at radius 1 is 1.50 bits per heavy atom. The molecule has 2 N–H and O–H groups in total. The first-order valence-electron chi connectivity index (χ1n) is 6.93. The van der Waals surface area contributed by atoms with Crippen molar-refractivity contribution in [3.8, 4) is 0 Å². The van der Waals surface area contributed by atoms with E-state index in [2.05, 4.69) is 10.3 Å². The van der Waals surface area contributed by atoms with Crippen molar-refractivity contribution in [1.82, 2.24) is 4.98 Å². The van der Waals surface area contributed by atoms with Gasteiger partial charge in [0.25, 0.3) is 5.69 Å². The Morgan fingerprint density at radius 3 is 2.80 bits per heavy atom. The maximum atomic E-state index is 11.0. The van der Waals surface area contributed by atoms with Crippen LogP contribution in [0.15, 0.2) is 12.1 Å². The van der Waals surface area contributed by atoms with E-state index < -0.39 is 4.92 Å². The lowest BCUT2D eigenvalue weighted by atomic mass is 10.1. The number of aliphatic hydroxyl groups is 1. The van der Waals surface area contributed by atoms with Crippen LogP contribution in [0.4, 0.5) is 17.3 Å². The quantitative estimate of drug-likeness (QED) is 0.631. The van der Waals surface area contributed by atoms with Gasteiger partial charge in [0.15, 0.2) is 0 Å². The van der Waals surface area contributed by atoms with Crippen molar-refractivity contribution >= 4 is 17.3 Å². The monoisotopic (exact) mass is 280 g/mol. The third-order valence-electron chi connectivity index (χ3n) is 3.35. The number of nitro groups is 1. The zero-order valence-corrected chi connectivity index (χ0v) is 11.6. The van der Waals surface area contributed by atoms with Crippen molar-refractivity contribution < 1.29 is 10.0 Å². The molecule has 20 heavy (non-hydrogen) atoms. The maximum absolute atomic E-state index is 11.0. The summed E-state index contributed by atoms with van der Waals surface area (Å²) < 4.78 is 0. The van der Waals surface area contributed by atoms with Crippen LogP contribution in [0.2, 0.25) is 0 Å². The summed E-state index contributed by atoms with van der Waals surface area (Å²) in [5, 5.41) is 23.6. The standard InChI is InChI=1S/C13H20N4O3/c1-2-5-14-12-8-10(17(19)20)9-13(15-12)16-6-3-11(18)4-7-16/h8-9,11,18H,2-7H2,1H3,(H,14,15). The van der Waals surface area contributed by atoms with Gasteiger partial charge in [-0.15, -0.1) is 0 Å². The van der Waals surface area contributed by atoms with E-state index in [9.17, 15) is 15.2 Å². The SMILES string of the molecule is CCCNc1cc([N+](=O)[O-])cc(N2CCC(O)CC2)n1. The van der Waals surface area contributed by atoms with Gasteiger partial charge in [0.2, 0.25) is 0 Å². The number of aromatic nitrogens is 1. The van der Waals surface area contributed by atoms with Gasteiger partial charge in [-0.05, 0) is 19.3 Å². The number of piperidine rings is 1. The van der Waals surface area contributed by atoms with Crippen LogP contribution in [0.3, 0.4) is 0 Å². The summed E-state index contributed by atoms with van der Waals surface area (Å²) >= 11 is 0. The molecule has 1 fully saturated rings. The first-order chi connectivity index (χ1) is 9.60. The molecule has 0 atom stereocenters. The molecular formula is C13H20N4O3. The van der Waals surface area contributed by atoms with Crippen molar-refractivity contribution in [2.24, 2.45) is 0 Å². The predicted octanol–water partition coefficient (Wildman–Crippen LogP) is 1.77. The van der Waals surface area contributed by atoms with E-state index in [1.165, 1.54) is 12.1 Å². The third-order valence-corrected chi connectivity index (χ3v) is 3.35. The van der Waals surface area contributed by atoms with Crippen LogP contribution in [0.25, 0.3) is 0 Å². The van der Waals surface area contributed by atoms with Crippen LogP contribution in [-0.2, 0) is 0 Å². The van der Waals surface area contributed by atoms with E-state index in [0.29, 0.717) is 37.6 Å². The largest absolute Gasteiger partial charge is 0.393 e. The fraction of sp³-hybridized carbons (Fsp3) is 0.615. The van der Waals surface area contributed by atoms with E-state index >= 15 is 0 Å². The van der Waals surface area contributed by atoms with Gasteiger partial charge >= 0.3 is 0 Å². The van der Waals surface area contributed by atoms with Crippen molar-refractivity contribution in [2.45, 2.75) is 32.3 Å². The number of nitrogens with zero attached hydrogens (tertiary/aromatic N) is 3. The molecule has 0 bridgehead atoms. The molecule has 1 saturated heterocycles. The van der Waals surface area contributed by atoms with E-state index in [-0.39, 0.29) is 11.8 Å². The third kappa shape index (κ3) is 3.57. The second-order valence-corrected chi connectivity index (χ2v) is 4.97. The molecular weight excluding hydrogens is 260 g/mol. The summed E-state index contributed by atoms with van der Waals surface area (Å²) in [6, 6.07) is 2.95. The molecule has 0 spiro atoms. The zero-order valence-electron chi connectivity index (χ0n) is 11.6. The Balaban J connectivity index is 2.22. The van der Waals surface area contributed by atoms with E-state index in [1.807, 2.05) is 11.8 Å². The second-order valence-electron chi connectivity index (χ2n) is 4.97. The van der Waals surface area contributed by atoms with Crippen molar-refractivity contribution in [2.75, 3.05) is 29.9 Å². The van der Waals surface area contributed by atoms with Gasteiger partial charge in [-0.25, -0.2) is 4.98 Å². The average Bonchev–Trinajstić information content (AvgIpc) is 2.45. The molecule has 0 saturated carbocycles. The number of rotatable bonds is 5. The van der Waals surface area contributed by atoms with E-state index in [4.69, 9.17) is 0 Å². The molecule has 2 rings (SSSR count). The van der Waals surface area contributed by atoms with Crippen LogP contribution in [-0.4, -0.2) is 40.8 Å². The lowest BCUT2D eigenvalue weighted by Gasteiger charge is -2.30. The fourth-order valence-electron chi connectivity index (χ4n) is 2.21. The summed E-state index contributed by atoms with van der Waals surface area (Å²) in [5.74, 6) is 1.13. The highest BCUT2D eigenvalue weighted by Gasteiger charge is 2.21. The van der Waals surface area contributed by atoms with Gasteiger partial charge < -0.3 is 15.3 Å². The molecule has 1 aliphatic rings. The van der Waals surface area contributed by atoms with Crippen molar-refractivity contribution in [3.63, 3.8) is 0 Å². The van der Waals surface area contributed by atoms with E-state index in [0.717, 1.165) is 13.0 Å². The van der Waals surface area contributed by atoms with Crippen LogP contribution in [0.1, 0.15) is 26.2 Å². The summed E-state index contributed by atoms with van der Waals surface area (Å²) in [5.41, 5.74) is 0.0414. The second kappa shape index (κ2) is 6.51. The lowest BCUT2D eigenvalue weighted by molar-refractivity contribution is -0.384. The highest BCUT2D eigenvalue weighted by molar-refractivity contribution is 5.56. The van der Waals surface area contributed by atoms with Crippen LogP contribution in [0.5, 0.6) is 0 Å². The highest BCUT2D eigenvalue weighted by atomic mass is 16.6. The smallest absolute Gasteiger partial charge is 0.276 e. The van der Waals surface area contributed by atoms with Gasteiger partial charge in [-0.3, -0.25) is 10.1 Å². The minimum atomic E-state index is -0.402. The Labute approximate surface area is 117 Å². The molecule has 0 amide bonds. The fourth-order valence-corrected chi connectivity index (χ4v) is 2.21.